The third-order valence-corrected chi connectivity index (χ3v) is 11.4. The molecule has 1 unspecified atom stereocenters. The Hall–Kier alpha value is -3.08. The van der Waals surface area contributed by atoms with E-state index in [1.165, 1.54) is 80.4 Å². The molecular weight excluding hydrogens is 794 g/mol. The predicted octanol–water partition coefficient (Wildman–Crippen LogP) is 12.3. The minimum Gasteiger partial charge on any atom is -0.466 e. The van der Waals surface area contributed by atoms with Gasteiger partial charge in [0.2, 0.25) is 0 Å². The fraction of sp³-hybridized carbons (Fsp3) is 0.694. The highest BCUT2D eigenvalue weighted by atomic mass is 31.2. The summed E-state index contributed by atoms with van der Waals surface area (Å²) in [5.41, 5.74) is 8.03. The summed E-state index contributed by atoms with van der Waals surface area (Å²) in [6, 6.07) is 0. The summed E-state index contributed by atoms with van der Waals surface area (Å²) in [5.74, 6) is 1.58. The van der Waals surface area contributed by atoms with E-state index >= 15 is 0 Å². The summed E-state index contributed by atoms with van der Waals surface area (Å²) in [7, 11) is -4.42. The number of hydrogen-bond donors (Lipinski definition) is 2. The monoisotopic (exact) mass is 876 g/mol. The van der Waals surface area contributed by atoms with Crippen molar-refractivity contribution in [1.29, 1.82) is 0 Å². The van der Waals surface area contributed by atoms with Gasteiger partial charge in [0.1, 0.15) is 18.1 Å². The van der Waals surface area contributed by atoms with Crippen molar-refractivity contribution in [2.75, 3.05) is 26.4 Å². The quantitative estimate of drug-likeness (QED) is 0.0161. The molecule has 0 radical (unpaired) electrons. The lowest BCUT2D eigenvalue weighted by molar-refractivity contribution is -0.161. The van der Waals surface area contributed by atoms with E-state index in [2.05, 4.69) is 39.8 Å². The van der Waals surface area contributed by atoms with Crippen LogP contribution in [0, 0.1) is 13.8 Å². The number of ketones is 1. The average Bonchev–Trinajstić information content (AvgIpc) is 3.51. The number of esters is 2. The molecule has 3 N–H and O–H groups in total. The second-order valence-corrected chi connectivity index (χ2v) is 17.3. The maximum absolute atomic E-state index is 12.6. The molecule has 1 rings (SSSR count). The molecule has 0 saturated heterocycles. The van der Waals surface area contributed by atoms with Gasteiger partial charge in [-0.25, -0.2) is 4.57 Å². The van der Waals surface area contributed by atoms with Crippen LogP contribution in [0.2, 0.25) is 0 Å². The third-order valence-electron chi connectivity index (χ3n) is 10.4. The number of unbranched alkanes of at least 4 members (excludes halogenated alkanes) is 14. The first-order valence-electron chi connectivity index (χ1n) is 23.4. The van der Waals surface area contributed by atoms with Gasteiger partial charge in [-0.15, -0.1) is 0 Å². The number of carbonyl (C=O) groups is 3. The van der Waals surface area contributed by atoms with Crippen LogP contribution in [0.15, 0.2) is 53.0 Å². The molecule has 0 amide bonds. The summed E-state index contributed by atoms with van der Waals surface area (Å²) < 4.78 is 39.0. The first-order valence-corrected chi connectivity index (χ1v) is 24.9. The van der Waals surface area contributed by atoms with Crippen LogP contribution in [-0.2, 0) is 50.3 Å². The molecule has 0 spiro atoms. The molecule has 12 heteroatoms. The van der Waals surface area contributed by atoms with E-state index in [4.69, 9.17) is 28.7 Å². The van der Waals surface area contributed by atoms with Crippen molar-refractivity contribution < 1.29 is 46.8 Å². The number of furan rings is 1. The molecule has 1 aromatic rings. The molecule has 0 aliphatic carbocycles. The zero-order valence-corrected chi connectivity index (χ0v) is 39.2. The predicted molar refractivity (Wildman–Crippen MR) is 246 cm³/mol. The summed E-state index contributed by atoms with van der Waals surface area (Å²) in [6.07, 6.45) is 38.1. The normalized spacial score (nSPS) is 13.5. The molecule has 1 heterocycles. The van der Waals surface area contributed by atoms with Gasteiger partial charge in [0, 0.05) is 38.6 Å². The second-order valence-electron chi connectivity index (χ2n) is 15.9. The molecule has 0 aromatic carbocycles. The summed E-state index contributed by atoms with van der Waals surface area (Å²) in [4.78, 5) is 46.7. The smallest absolute Gasteiger partial charge is 0.466 e. The molecular formula is C49H82NO10P. The number of nitrogens with two attached hydrogens (primary N) is 1. The van der Waals surface area contributed by atoms with Crippen LogP contribution in [0.5, 0.6) is 0 Å². The van der Waals surface area contributed by atoms with Gasteiger partial charge in [0.25, 0.3) is 0 Å². The summed E-state index contributed by atoms with van der Waals surface area (Å²) in [6.45, 7) is 7.82. The standard InChI is InChI=1S/C49H82NO10P/c1-5-7-26-32-44(51)33-28-22-18-14-10-9-11-17-21-25-31-37-49(53)59-45(41-58-61(54,55)57-39-38-50)40-56-48(52)36-30-24-20-16-13-12-15-19-23-29-35-47-43(4)42(3)46(60-47)34-27-8-6-2/h9-10,17-18,21-22,28,33,45H,5-8,11-16,19-20,23-27,29-32,34-41,50H2,1-4H3,(H,54,55)/b10-9-,21-17-,22-18-,33-28+/t45-/m1/s1. The Balaban J connectivity index is 2.27. The van der Waals surface area contributed by atoms with Crippen molar-refractivity contribution in [3.8, 4) is 0 Å². The van der Waals surface area contributed by atoms with Gasteiger partial charge in [0.05, 0.1) is 13.2 Å². The lowest BCUT2D eigenvalue weighted by atomic mass is 10.0. The van der Waals surface area contributed by atoms with E-state index in [0.717, 1.165) is 64.2 Å². The van der Waals surface area contributed by atoms with Crippen LogP contribution >= 0.6 is 7.82 Å². The fourth-order valence-electron chi connectivity index (χ4n) is 6.58. The highest BCUT2D eigenvalue weighted by molar-refractivity contribution is 7.47. The van der Waals surface area contributed by atoms with E-state index in [-0.39, 0.29) is 38.4 Å². The van der Waals surface area contributed by atoms with Crippen LogP contribution in [0.3, 0.4) is 0 Å². The van der Waals surface area contributed by atoms with E-state index in [9.17, 15) is 23.8 Å². The van der Waals surface area contributed by atoms with Crippen LogP contribution < -0.4 is 5.73 Å². The molecule has 0 fully saturated rings. The molecule has 2 atom stereocenters. The first-order chi connectivity index (χ1) is 29.5. The van der Waals surface area contributed by atoms with Gasteiger partial charge in [-0.1, -0.05) is 133 Å². The maximum Gasteiger partial charge on any atom is 0.472 e. The number of rotatable bonds is 40. The SMILES string of the molecule is CCCCCC(=O)/C=C/C=C\C/C=C\C/C=C\CCCC(=O)O[C@H](COC(=O)CCCCCCCCCCCCc1oc(CCCCC)c(C)c1C)COP(=O)(O)OCCN. The Morgan fingerprint density at radius 3 is 1.84 bits per heavy atom. The zero-order valence-electron chi connectivity index (χ0n) is 38.3. The van der Waals surface area contributed by atoms with Crippen molar-refractivity contribution in [1.82, 2.24) is 0 Å². The fourth-order valence-corrected chi connectivity index (χ4v) is 7.35. The van der Waals surface area contributed by atoms with Gasteiger partial charge >= 0.3 is 19.8 Å². The molecule has 0 saturated carbocycles. The van der Waals surface area contributed by atoms with E-state index in [1.807, 2.05) is 24.3 Å². The van der Waals surface area contributed by atoms with Crippen LogP contribution in [0.25, 0.3) is 0 Å². The molecule has 61 heavy (non-hydrogen) atoms. The Bertz CT molecular complexity index is 1480. The van der Waals surface area contributed by atoms with Crippen molar-refractivity contribution in [3.05, 3.63) is 71.3 Å². The van der Waals surface area contributed by atoms with Gasteiger partial charge in [-0.3, -0.25) is 23.4 Å². The zero-order chi connectivity index (χ0) is 44.8. The Morgan fingerprint density at radius 2 is 1.20 bits per heavy atom. The largest absolute Gasteiger partial charge is 0.472 e. The van der Waals surface area contributed by atoms with E-state index in [0.29, 0.717) is 25.7 Å². The highest BCUT2D eigenvalue weighted by Crippen LogP contribution is 2.43. The topological polar surface area (TPSA) is 165 Å². The number of aryl methyl sites for hydroxylation is 2. The number of allylic oxidation sites excluding steroid dienone is 8. The van der Waals surface area contributed by atoms with Crippen LogP contribution in [0.1, 0.15) is 184 Å². The Morgan fingerprint density at radius 1 is 0.656 bits per heavy atom. The van der Waals surface area contributed by atoms with Gasteiger partial charge in [-0.05, 0) is 82.4 Å². The molecule has 348 valence electrons. The summed E-state index contributed by atoms with van der Waals surface area (Å²) in [5, 5.41) is 0. The number of ether oxygens (including phenoxy) is 2. The summed E-state index contributed by atoms with van der Waals surface area (Å²) >= 11 is 0. The highest BCUT2D eigenvalue weighted by Gasteiger charge is 2.26. The molecule has 0 aliphatic heterocycles. The van der Waals surface area contributed by atoms with E-state index in [1.54, 1.807) is 12.2 Å². The minimum absolute atomic E-state index is 0.0283. The molecule has 0 bridgehead atoms. The first kappa shape index (κ1) is 55.9. The van der Waals surface area contributed by atoms with Gasteiger partial charge in [0.15, 0.2) is 11.9 Å². The Kier molecular flexibility index (Phi) is 34.4. The molecule has 11 nitrogen and oxygen atoms in total. The van der Waals surface area contributed by atoms with Crippen molar-refractivity contribution in [3.63, 3.8) is 0 Å². The minimum atomic E-state index is -4.42. The van der Waals surface area contributed by atoms with Gasteiger partial charge in [-0.2, -0.15) is 0 Å². The van der Waals surface area contributed by atoms with E-state index < -0.39 is 32.5 Å². The average molecular weight is 876 g/mol. The molecule has 0 aliphatic rings. The number of phosphoric ester groups is 1. The number of hydrogen-bond acceptors (Lipinski definition) is 10. The third kappa shape index (κ3) is 31.4. The molecule has 1 aromatic heterocycles. The Labute approximate surface area is 369 Å². The second kappa shape index (κ2) is 37.5. The maximum atomic E-state index is 12.6. The van der Waals surface area contributed by atoms with Crippen molar-refractivity contribution in [2.45, 2.75) is 194 Å². The number of phosphoric acid groups is 1. The number of carbonyl (C=O) groups excluding carboxylic acids is 3. The van der Waals surface area contributed by atoms with Crippen LogP contribution in [0.4, 0.5) is 0 Å². The lowest BCUT2D eigenvalue weighted by Crippen LogP contribution is -2.29. The van der Waals surface area contributed by atoms with Crippen molar-refractivity contribution in [2.24, 2.45) is 5.73 Å². The lowest BCUT2D eigenvalue weighted by Gasteiger charge is -2.19. The van der Waals surface area contributed by atoms with Gasteiger partial charge < -0.3 is 24.5 Å². The van der Waals surface area contributed by atoms with Crippen molar-refractivity contribution >= 4 is 25.5 Å². The van der Waals surface area contributed by atoms with Crippen LogP contribution in [-0.4, -0.2) is 55.1 Å².